The Morgan fingerprint density at radius 3 is 2.56 bits per heavy atom. The molecule has 0 unspecified atom stereocenters. The second-order valence-corrected chi connectivity index (χ2v) is 3.68. The molecule has 1 aromatic heterocycles. The minimum Gasteiger partial charge on any atom is -0.486 e. The highest BCUT2D eigenvalue weighted by Gasteiger charge is 2.01. The third kappa shape index (κ3) is 3.24. The predicted molar refractivity (Wildman–Crippen MR) is 72.2 cm³/mol. The fraction of sp³-hybridized carbons (Fsp3) is 0.167. The van der Waals surface area contributed by atoms with Gasteiger partial charge in [-0.15, -0.1) is 12.4 Å². The summed E-state index contributed by atoms with van der Waals surface area (Å²) in [6, 6.07) is 7.10. The van der Waals surface area contributed by atoms with Gasteiger partial charge in [-0.25, -0.2) is 4.98 Å². The lowest BCUT2D eigenvalue weighted by Crippen LogP contribution is -2.10. The third-order valence-corrected chi connectivity index (χ3v) is 2.45. The first kappa shape index (κ1) is 14.1. The van der Waals surface area contributed by atoms with Crippen molar-refractivity contribution in [1.82, 2.24) is 9.55 Å². The van der Waals surface area contributed by atoms with Crippen LogP contribution in [0.25, 0.3) is 0 Å². The molecule has 0 atom stereocenters. The summed E-state index contributed by atoms with van der Waals surface area (Å²) in [4.78, 5) is 4.16. The van der Waals surface area contributed by atoms with Crippen LogP contribution >= 0.6 is 12.4 Å². The number of amidine groups is 1. The molecule has 18 heavy (non-hydrogen) atoms. The van der Waals surface area contributed by atoms with Crippen LogP contribution in [0.1, 0.15) is 11.4 Å². The number of aromatic nitrogens is 2. The van der Waals surface area contributed by atoms with Crippen LogP contribution < -0.4 is 10.5 Å². The molecule has 0 aliphatic carbocycles. The van der Waals surface area contributed by atoms with E-state index >= 15 is 0 Å². The van der Waals surface area contributed by atoms with E-state index in [0.717, 1.165) is 11.6 Å². The van der Waals surface area contributed by atoms with Gasteiger partial charge in [0.05, 0.1) is 0 Å². The van der Waals surface area contributed by atoms with Gasteiger partial charge in [0.15, 0.2) is 0 Å². The van der Waals surface area contributed by atoms with E-state index in [-0.39, 0.29) is 18.2 Å². The summed E-state index contributed by atoms with van der Waals surface area (Å²) in [7, 11) is 1.92. The standard InChI is InChI=1S/C12H14N4O.ClH/c1-16-7-6-15-11(16)8-17-10-4-2-9(3-5-10)12(13)14;/h2-7H,8H2,1H3,(H3,13,14);1H. The number of aryl methyl sites for hydroxylation is 1. The summed E-state index contributed by atoms with van der Waals surface area (Å²) in [5.74, 6) is 1.65. The first-order chi connectivity index (χ1) is 8.16. The molecule has 1 aromatic carbocycles. The summed E-state index contributed by atoms with van der Waals surface area (Å²) in [6.07, 6.45) is 3.61. The lowest BCUT2D eigenvalue weighted by Gasteiger charge is -2.06. The fourth-order valence-corrected chi connectivity index (χ4v) is 1.41. The highest BCUT2D eigenvalue weighted by atomic mass is 35.5. The summed E-state index contributed by atoms with van der Waals surface area (Å²) in [6.45, 7) is 0.420. The Bertz CT molecular complexity index is 521. The predicted octanol–water partition coefficient (Wildman–Crippen LogP) is 1.70. The number of imidazole rings is 1. The second-order valence-electron chi connectivity index (χ2n) is 3.68. The van der Waals surface area contributed by atoms with Gasteiger partial charge in [-0.1, -0.05) is 0 Å². The molecular formula is C12H15ClN4O. The number of hydrogen-bond donors (Lipinski definition) is 2. The molecule has 6 heteroatoms. The van der Waals surface area contributed by atoms with Crippen LogP contribution in [0.4, 0.5) is 0 Å². The molecule has 0 amide bonds. The molecular weight excluding hydrogens is 252 g/mol. The number of benzene rings is 1. The van der Waals surface area contributed by atoms with Crippen molar-refractivity contribution in [2.75, 3.05) is 0 Å². The highest BCUT2D eigenvalue weighted by molar-refractivity contribution is 5.94. The Balaban J connectivity index is 0.00000162. The fourth-order valence-electron chi connectivity index (χ4n) is 1.41. The maximum absolute atomic E-state index is 7.27. The van der Waals surface area contributed by atoms with E-state index < -0.39 is 0 Å². The van der Waals surface area contributed by atoms with Gasteiger partial charge in [0, 0.05) is 25.0 Å². The number of nitrogens with zero attached hydrogens (tertiary/aromatic N) is 2. The van der Waals surface area contributed by atoms with Gasteiger partial charge < -0.3 is 15.0 Å². The van der Waals surface area contributed by atoms with E-state index in [4.69, 9.17) is 15.9 Å². The van der Waals surface area contributed by atoms with Gasteiger partial charge in [0.2, 0.25) is 0 Å². The van der Waals surface area contributed by atoms with Gasteiger partial charge in [-0.3, -0.25) is 5.41 Å². The monoisotopic (exact) mass is 266 g/mol. The highest BCUT2D eigenvalue weighted by Crippen LogP contribution is 2.13. The molecule has 1 heterocycles. The molecule has 2 aromatic rings. The summed E-state index contributed by atoms with van der Waals surface area (Å²) in [5.41, 5.74) is 6.05. The van der Waals surface area contributed by atoms with Crippen LogP contribution in [0.3, 0.4) is 0 Å². The van der Waals surface area contributed by atoms with Crippen molar-refractivity contribution in [2.45, 2.75) is 6.61 Å². The topological polar surface area (TPSA) is 76.9 Å². The zero-order chi connectivity index (χ0) is 12.3. The quantitative estimate of drug-likeness (QED) is 0.653. The van der Waals surface area contributed by atoms with E-state index in [1.165, 1.54) is 0 Å². The Labute approximate surface area is 112 Å². The maximum Gasteiger partial charge on any atom is 0.146 e. The van der Waals surface area contributed by atoms with Crippen molar-refractivity contribution in [2.24, 2.45) is 12.8 Å². The number of hydrogen-bond acceptors (Lipinski definition) is 3. The zero-order valence-corrected chi connectivity index (χ0v) is 10.8. The Hall–Kier alpha value is -2.01. The average Bonchev–Trinajstić information content (AvgIpc) is 2.73. The average molecular weight is 267 g/mol. The molecule has 2 rings (SSSR count). The molecule has 0 saturated heterocycles. The minimum absolute atomic E-state index is 0. The van der Waals surface area contributed by atoms with Crippen LogP contribution in [-0.4, -0.2) is 15.4 Å². The summed E-state index contributed by atoms with van der Waals surface area (Å²) in [5, 5.41) is 7.27. The van der Waals surface area contributed by atoms with Gasteiger partial charge in [0.1, 0.15) is 24.0 Å². The Morgan fingerprint density at radius 2 is 2.06 bits per heavy atom. The van der Waals surface area contributed by atoms with Crippen LogP contribution in [0, 0.1) is 5.41 Å². The van der Waals surface area contributed by atoms with Gasteiger partial charge in [-0.05, 0) is 24.3 Å². The summed E-state index contributed by atoms with van der Waals surface area (Å²) < 4.78 is 7.48. The Kier molecular flexibility index (Phi) is 4.74. The minimum atomic E-state index is 0. The molecule has 0 fully saturated rings. The van der Waals surface area contributed by atoms with Gasteiger partial charge >= 0.3 is 0 Å². The maximum atomic E-state index is 7.27. The molecule has 3 N–H and O–H groups in total. The normalized spacial score (nSPS) is 9.61. The third-order valence-electron chi connectivity index (χ3n) is 2.45. The molecule has 96 valence electrons. The molecule has 0 saturated carbocycles. The lowest BCUT2D eigenvalue weighted by atomic mass is 10.2. The summed E-state index contributed by atoms with van der Waals surface area (Å²) >= 11 is 0. The largest absolute Gasteiger partial charge is 0.486 e. The van der Waals surface area contributed by atoms with Crippen molar-refractivity contribution in [3.05, 3.63) is 48.0 Å². The van der Waals surface area contributed by atoms with Gasteiger partial charge in [-0.2, -0.15) is 0 Å². The smallest absolute Gasteiger partial charge is 0.146 e. The lowest BCUT2D eigenvalue weighted by molar-refractivity contribution is 0.292. The molecule has 0 bridgehead atoms. The van der Waals surface area contributed by atoms with Crippen LogP contribution in [0.5, 0.6) is 5.75 Å². The van der Waals surface area contributed by atoms with E-state index in [1.807, 2.05) is 17.8 Å². The number of nitrogens with one attached hydrogen (secondary N) is 1. The van der Waals surface area contributed by atoms with Crippen molar-refractivity contribution >= 4 is 18.2 Å². The van der Waals surface area contributed by atoms with Gasteiger partial charge in [0.25, 0.3) is 0 Å². The number of ether oxygens (including phenoxy) is 1. The molecule has 0 aliphatic heterocycles. The van der Waals surface area contributed by atoms with Crippen LogP contribution in [0.2, 0.25) is 0 Å². The molecule has 0 aliphatic rings. The second kappa shape index (κ2) is 6.07. The molecule has 0 radical (unpaired) electrons. The van der Waals surface area contributed by atoms with E-state index in [1.54, 1.807) is 30.5 Å². The first-order valence-electron chi connectivity index (χ1n) is 5.20. The van der Waals surface area contributed by atoms with E-state index in [2.05, 4.69) is 4.98 Å². The zero-order valence-electron chi connectivity index (χ0n) is 9.96. The van der Waals surface area contributed by atoms with E-state index in [0.29, 0.717) is 12.2 Å². The number of halogens is 1. The van der Waals surface area contributed by atoms with Crippen molar-refractivity contribution in [3.63, 3.8) is 0 Å². The number of nitrogens with two attached hydrogens (primary N) is 1. The first-order valence-corrected chi connectivity index (χ1v) is 5.20. The van der Waals surface area contributed by atoms with Crippen molar-refractivity contribution in [1.29, 1.82) is 5.41 Å². The number of rotatable bonds is 4. The Morgan fingerprint density at radius 1 is 1.39 bits per heavy atom. The van der Waals surface area contributed by atoms with E-state index in [9.17, 15) is 0 Å². The van der Waals surface area contributed by atoms with Crippen molar-refractivity contribution < 1.29 is 4.74 Å². The van der Waals surface area contributed by atoms with Crippen molar-refractivity contribution in [3.8, 4) is 5.75 Å². The SMILES string of the molecule is Cl.Cn1ccnc1COc1ccc(C(=N)N)cc1. The molecule has 0 spiro atoms. The number of nitrogen functional groups attached to an aromatic ring is 1. The molecule has 5 nitrogen and oxygen atoms in total. The van der Waals surface area contributed by atoms with Crippen LogP contribution in [-0.2, 0) is 13.7 Å². The van der Waals surface area contributed by atoms with Crippen LogP contribution in [0.15, 0.2) is 36.7 Å².